The van der Waals surface area contributed by atoms with Gasteiger partial charge in [-0.1, -0.05) is 17.4 Å². The van der Waals surface area contributed by atoms with Crippen LogP contribution in [0.1, 0.15) is 26.2 Å². The van der Waals surface area contributed by atoms with Gasteiger partial charge in [-0.15, -0.1) is 0 Å². The van der Waals surface area contributed by atoms with Gasteiger partial charge in [0.15, 0.2) is 5.13 Å². The molecule has 3 atom stereocenters. The number of carbonyl (C=O) groups is 1. The fraction of sp³-hybridized carbons (Fsp3) is 0.350. The number of hydrogen-bond acceptors (Lipinski definition) is 8. The maximum Gasteiger partial charge on any atom is 0.242 e. The second-order valence-electron chi connectivity index (χ2n) is 7.51. The highest BCUT2D eigenvalue weighted by molar-refractivity contribution is 7.89. The van der Waals surface area contributed by atoms with Crippen molar-refractivity contribution >= 4 is 42.6 Å². The Kier molecular flexibility index (Phi) is 6.04. The molecular weight excluding hydrogens is 440 g/mol. The highest BCUT2D eigenvalue weighted by atomic mass is 32.2. The molecule has 4 rings (SSSR count). The number of aliphatic hydroxyl groups is 2. The first kappa shape index (κ1) is 21.8. The summed E-state index contributed by atoms with van der Waals surface area (Å²) in [6, 6.07) is 6.23. The van der Waals surface area contributed by atoms with Crippen LogP contribution >= 0.6 is 11.3 Å². The van der Waals surface area contributed by atoms with Crippen LogP contribution in [0.5, 0.6) is 0 Å². The van der Waals surface area contributed by atoms with Crippen molar-refractivity contribution in [2.45, 2.75) is 49.3 Å². The quantitative estimate of drug-likeness (QED) is 0.453. The summed E-state index contributed by atoms with van der Waals surface area (Å²) in [6.45, 7) is 1.41. The van der Waals surface area contributed by atoms with Gasteiger partial charge < -0.3 is 15.5 Å². The van der Waals surface area contributed by atoms with Gasteiger partial charge in [0.1, 0.15) is 4.90 Å². The first-order valence-corrected chi connectivity index (χ1v) is 12.0. The molecule has 1 aliphatic carbocycles. The Hall–Kier alpha value is -2.44. The average Bonchev–Trinajstić information content (AvgIpc) is 3.12. The lowest BCUT2D eigenvalue weighted by atomic mass is 9.91. The number of amides is 1. The number of rotatable bonds is 5. The monoisotopic (exact) mass is 462 g/mol. The predicted molar refractivity (Wildman–Crippen MR) is 117 cm³/mol. The first-order valence-electron chi connectivity index (χ1n) is 9.75. The maximum absolute atomic E-state index is 12.9. The number of pyridine rings is 1. The highest BCUT2D eigenvalue weighted by Crippen LogP contribution is 2.31. The highest BCUT2D eigenvalue weighted by Gasteiger charge is 2.33. The van der Waals surface area contributed by atoms with Crippen LogP contribution in [0.3, 0.4) is 0 Å². The van der Waals surface area contributed by atoms with Crippen molar-refractivity contribution in [1.29, 1.82) is 0 Å². The number of anilines is 1. The summed E-state index contributed by atoms with van der Waals surface area (Å²) >= 11 is 1.32. The lowest BCUT2D eigenvalue weighted by Gasteiger charge is -2.32. The van der Waals surface area contributed by atoms with Gasteiger partial charge in [0, 0.05) is 24.9 Å². The first-order chi connectivity index (χ1) is 14.7. The number of nitrogens with one attached hydrogen (secondary N) is 2. The van der Waals surface area contributed by atoms with E-state index in [1.807, 2.05) is 12.1 Å². The summed E-state index contributed by atoms with van der Waals surface area (Å²) in [4.78, 5) is 19.6. The van der Waals surface area contributed by atoms with Crippen LogP contribution in [-0.2, 0) is 14.8 Å². The van der Waals surface area contributed by atoms with Crippen molar-refractivity contribution in [2.24, 2.45) is 0 Å². The van der Waals surface area contributed by atoms with Gasteiger partial charge in [0.2, 0.25) is 15.9 Å². The van der Waals surface area contributed by atoms with Crippen LogP contribution in [0.2, 0.25) is 0 Å². The van der Waals surface area contributed by atoms with E-state index in [4.69, 9.17) is 0 Å². The Balaban J connectivity index is 1.61. The number of fused-ring (bicyclic) bond motifs is 1. The second-order valence-corrected chi connectivity index (χ2v) is 10.3. The number of hydrogen-bond donors (Lipinski definition) is 4. The van der Waals surface area contributed by atoms with E-state index < -0.39 is 28.3 Å². The van der Waals surface area contributed by atoms with Crippen LogP contribution in [0.25, 0.3) is 21.3 Å². The minimum absolute atomic E-state index is 0.0272. The van der Waals surface area contributed by atoms with Crippen LogP contribution < -0.4 is 10.0 Å². The van der Waals surface area contributed by atoms with Gasteiger partial charge in [-0.3, -0.25) is 9.78 Å². The van der Waals surface area contributed by atoms with Crippen molar-refractivity contribution in [3.63, 3.8) is 0 Å². The smallest absolute Gasteiger partial charge is 0.242 e. The minimum Gasteiger partial charge on any atom is -0.390 e. The molecule has 2 aromatic heterocycles. The zero-order chi connectivity index (χ0) is 22.2. The third-order valence-corrected chi connectivity index (χ3v) is 7.55. The van der Waals surface area contributed by atoms with E-state index in [-0.39, 0.29) is 10.8 Å². The fourth-order valence-corrected chi connectivity index (χ4v) is 5.81. The van der Waals surface area contributed by atoms with E-state index in [1.165, 1.54) is 30.5 Å². The fourth-order valence-electron chi connectivity index (χ4n) is 3.58. The van der Waals surface area contributed by atoms with Gasteiger partial charge in [-0.25, -0.2) is 18.1 Å². The second kappa shape index (κ2) is 8.60. The zero-order valence-electron chi connectivity index (χ0n) is 16.6. The lowest BCUT2D eigenvalue weighted by Crippen LogP contribution is -2.50. The SMILES string of the molecule is CC(=O)Nc1nc2ccc(-c3cncc(S(=O)(=O)N[C@H]4CCC[C@H](O)[C@@H]4O)c3)cc2s1. The minimum atomic E-state index is -3.94. The van der Waals surface area contributed by atoms with Crippen molar-refractivity contribution in [2.75, 3.05) is 5.32 Å². The summed E-state index contributed by atoms with van der Waals surface area (Å²) in [6.07, 6.45) is 2.24. The molecule has 0 bridgehead atoms. The van der Waals surface area contributed by atoms with E-state index in [0.29, 0.717) is 30.0 Å². The number of benzene rings is 1. The Bertz CT molecular complexity index is 1230. The van der Waals surface area contributed by atoms with E-state index in [2.05, 4.69) is 20.0 Å². The van der Waals surface area contributed by atoms with Crippen molar-refractivity contribution in [3.8, 4) is 11.1 Å². The van der Waals surface area contributed by atoms with E-state index >= 15 is 0 Å². The van der Waals surface area contributed by atoms with Gasteiger partial charge >= 0.3 is 0 Å². The van der Waals surface area contributed by atoms with Gasteiger partial charge in [-0.2, -0.15) is 0 Å². The molecule has 1 saturated carbocycles. The van der Waals surface area contributed by atoms with Crippen LogP contribution in [0, 0.1) is 0 Å². The standard InChI is InChI=1S/C20H22N4O5S2/c1-11(25)22-20-23-15-6-5-12(8-18(15)30-20)13-7-14(10-21-9-13)31(28,29)24-16-3-2-4-17(26)19(16)27/h5-10,16-17,19,24,26-27H,2-4H2,1H3,(H,22,23,25)/t16-,17-,19+/m0/s1. The summed E-state index contributed by atoms with van der Waals surface area (Å²) < 4.78 is 29.1. The molecule has 31 heavy (non-hydrogen) atoms. The number of aliphatic hydroxyl groups excluding tert-OH is 2. The number of thiazole rings is 1. The number of aromatic nitrogens is 2. The number of nitrogens with zero attached hydrogens (tertiary/aromatic N) is 2. The normalized spacial score (nSPS) is 21.8. The third kappa shape index (κ3) is 4.75. The lowest BCUT2D eigenvalue weighted by molar-refractivity contribution is -0.114. The summed E-state index contributed by atoms with van der Waals surface area (Å²) in [5, 5.41) is 23.1. The maximum atomic E-state index is 12.9. The molecule has 2 heterocycles. The van der Waals surface area contributed by atoms with Crippen LogP contribution in [0.15, 0.2) is 41.6 Å². The molecule has 1 aromatic carbocycles. The molecule has 0 radical (unpaired) electrons. The summed E-state index contributed by atoms with van der Waals surface area (Å²) in [5.41, 5.74) is 2.08. The topological polar surface area (TPSA) is 142 Å². The molecule has 1 aliphatic rings. The molecule has 0 unspecified atom stereocenters. The summed E-state index contributed by atoms with van der Waals surface area (Å²) in [7, 11) is -3.94. The van der Waals surface area contributed by atoms with Gasteiger partial charge in [-0.05, 0) is 43.0 Å². The molecule has 11 heteroatoms. The van der Waals surface area contributed by atoms with Crippen molar-refractivity contribution < 1.29 is 23.4 Å². The Morgan fingerprint density at radius 1 is 1.16 bits per heavy atom. The molecule has 0 saturated heterocycles. The molecule has 1 amide bonds. The average molecular weight is 463 g/mol. The van der Waals surface area contributed by atoms with Gasteiger partial charge in [0.05, 0.1) is 28.5 Å². The van der Waals surface area contributed by atoms with Crippen LogP contribution in [-0.4, -0.2) is 52.8 Å². The Morgan fingerprint density at radius 2 is 1.97 bits per heavy atom. The van der Waals surface area contributed by atoms with E-state index in [9.17, 15) is 23.4 Å². The Morgan fingerprint density at radius 3 is 2.74 bits per heavy atom. The molecule has 0 aliphatic heterocycles. The van der Waals surface area contributed by atoms with Gasteiger partial charge in [0.25, 0.3) is 0 Å². The molecule has 164 valence electrons. The van der Waals surface area contributed by atoms with Crippen molar-refractivity contribution in [1.82, 2.24) is 14.7 Å². The molecular formula is C20H22N4O5S2. The van der Waals surface area contributed by atoms with E-state index in [1.54, 1.807) is 12.3 Å². The van der Waals surface area contributed by atoms with E-state index in [0.717, 1.165) is 15.8 Å². The molecule has 3 aromatic rings. The Labute approximate surface area is 183 Å². The number of carbonyl (C=O) groups excluding carboxylic acids is 1. The zero-order valence-corrected chi connectivity index (χ0v) is 18.3. The molecule has 1 fully saturated rings. The van der Waals surface area contributed by atoms with Crippen LogP contribution in [0.4, 0.5) is 5.13 Å². The summed E-state index contributed by atoms with van der Waals surface area (Å²) in [5.74, 6) is -0.204. The third-order valence-electron chi connectivity index (χ3n) is 5.16. The molecule has 0 spiro atoms. The van der Waals surface area contributed by atoms with Crippen molar-refractivity contribution in [3.05, 3.63) is 36.7 Å². The number of sulfonamides is 1. The predicted octanol–water partition coefficient (Wildman–Crippen LogP) is 1.87. The molecule has 9 nitrogen and oxygen atoms in total. The molecule has 4 N–H and O–H groups in total. The largest absolute Gasteiger partial charge is 0.390 e.